The zero-order valence-corrected chi connectivity index (χ0v) is 17.5. The van der Waals surface area contributed by atoms with Gasteiger partial charge in [-0.25, -0.2) is 9.50 Å². The molecule has 4 aromatic heterocycles. The van der Waals surface area contributed by atoms with E-state index in [1.165, 1.54) is 0 Å². The maximum atomic E-state index is 12.9. The highest BCUT2D eigenvalue weighted by Gasteiger charge is 2.17. The lowest BCUT2D eigenvalue weighted by Gasteiger charge is -2.33. The summed E-state index contributed by atoms with van der Waals surface area (Å²) >= 11 is 0. The Morgan fingerprint density at radius 1 is 1.17 bits per heavy atom. The van der Waals surface area contributed by atoms with Crippen LogP contribution in [-0.4, -0.2) is 49.7 Å². The number of nitrogens with zero attached hydrogens (tertiary/aromatic N) is 6. The van der Waals surface area contributed by atoms with E-state index in [4.69, 9.17) is 4.98 Å². The average molecular weight is 403 g/mol. The third-order valence-corrected chi connectivity index (χ3v) is 5.63. The smallest absolute Gasteiger partial charge is 0.258 e. The van der Waals surface area contributed by atoms with Crippen LogP contribution in [0.1, 0.15) is 25.2 Å². The monoisotopic (exact) mass is 403 g/mol. The summed E-state index contributed by atoms with van der Waals surface area (Å²) in [5.41, 5.74) is 5.64. The summed E-state index contributed by atoms with van der Waals surface area (Å²) in [6, 6.07) is 7.89. The second-order valence-corrected chi connectivity index (χ2v) is 7.94. The lowest BCUT2D eigenvalue weighted by molar-refractivity contribution is 0.484. The number of hydrogen-bond donors (Lipinski definition) is 1. The number of fused-ring (bicyclic) bond motifs is 2. The van der Waals surface area contributed by atoms with Crippen LogP contribution in [-0.2, 0) is 6.42 Å². The summed E-state index contributed by atoms with van der Waals surface area (Å²) in [6.45, 7) is 8.98. The minimum atomic E-state index is -0.109. The van der Waals surface area contributed by atoms with Crippen molar-refractivity contribution < 1.29 is 0 Å². The van der Waals surface area contributed by atoms with Crippen LogP contribution in [0.25, 0.3) is 22.6 Å². The quantitative estimate of drug-likeness (QED) is 0.564. The second-order valence-electron chi connectivity index (χ2n) is 7.94. The van der Waals surface area contributed by atoms with Gasteiger partial charge in [0.2, 0.25) is 0 Å². The molecular formula is C22H25N7O. The van der Waals surface area contributed by atoms with Crippen LogP contribution in [0.15, 0.2) is 41.5 Å². The fourth-order valence-corrected chi connectivity index (χ4v) is 4.15. The molecule has 0 aromatic carbocycles. The largest absolute Gasteiger partial charge is 0.368 e. The van der Waals surface area contributed by atoms with Gasteiger partial charge in [-0.1, -0.05) is 6.92 Å². The number of pyridine rings is 1. The van der Waals surface area contributed by atoms with Gasteiger partial charge in [0.25, 0.3) is 5.56 Å². The fourth-order valence-electron chi connectivity index (χ4n) is 4.15. The maximum absolute atomic E-state index is 12.9. The summed E-state index contributed by atoms with van der Waals surface area (Å²) < 4.78 is 3.44. The molecule has 0 amide bonds. The van der Waals surface area contributed by atoms with Crippen molar-refractivity contribution in [1.29, 1.82) is 0 Å². The van der Waals surface area contributed by atoms with E-state index >= 15 is 0 Å². The predicted molar refractivity (Wildman–Crippen MR) is 117 cm³/mol. The summed E-state index contributed by atoms with van der Waals surface area (Å²) in [4.78, 5) is 24.5. The first-order chi connectivity index (χ1) is 14.5. The normalized spacial score (nSPS) is 17.2. The molecule has 1 N–H and O–H groups in total. The topological polar surface area (TPSA) is 79.8 Å². The molecule has 8 heteroatoms. The van der Waals surface area contributed by atoms with Crippen LogP contribution >= 0.6 is 0 Å². The van der Waals surface area contributed by atoms with E-state index < -0.39 is 0 Å². The van der Waals surface area contributed by atoms with Crippen molar-refractivity contribution in [3.8, 4) is 11.4 Å². The summed E-state index contributed by atoms with van der Waals surface area (Å²) in [6.07, 6.45) is 4.60. The number of hydrogen-bond acceptors (Lipinski definition) is 6. The molecule has 1 fully saturated rings. The minimum Gasteiger partial charge on any atom is -0.368 e. The molecular weight excluding hydrogens is 378 g/mol. The predicted octanol–water partition coefficient (Wildman–Crippen LogP) is 2.07. The van der Waals surface area contributed by atoms with Crippen molar-refractivity contribution in [2.45, 2.75) is 33.2 Å². The van der Waals surface area contributed by atoms with Gasteiger partial charge in [0.1, 0.15) is 11.3 Å². The number of rotatable bonds is 3. The second kappa shape index (κ2) is 7.21. The van der Waals surface area contributed by atoms with E-state index in [1.54, 1.807) is 10.5 Å². The van der Waals surface area contributed by atoms with E-state index in [9.17, 15) is 4.79 Å². The Morgan fingerprint density at radius 2 is 2.03 bits per heavy atom. The lowest BCUT2D eigenvalue weighted by atomic mass is 10.2. The molecule has 8 nitrogen and oxygen atoms in total. The van der Waals surface area contributed by atoms with Gasteiger partial charge in [0, 0.05) is 37.9 Å². The number of nitrogens with one attached hydrogen (secondary N) is 1. The van der Waals surface area contributed by atoms with Crippen LogP contribution in [0.3, 0.4) is 0 Å². The van der Waals surface area contributed by atoms with Crippen LogP contribution in [0.5, 0.6) is 0 Å². The van der Waals surface area contributed by atoms with Crippen molar-refractivity contribution in [1.82, 2.24) is 29.3 Å². The molecule has 154 valence electrons. The first-order valence-electron chi connectivity index (χ1n) is 10.4. The van der Waals surface area contributed by atoms with Gasteiger partial charge in [0.15, 0.2) is 0 Å². The molecule has 5 heterocycles. The summed E-state index contributed by atoms with van der Waals surface area (Å²) in [5.74, 6) is 0. The maximum Gasteiger partial charge on any atom is 0.258 e. The molecule has 1 aliphatic rings. The van der Waals surface area contributed by atoms with E-state index in [-0.39, 0.29) is 5.56 Å². The highest BCUT2D eigenvalue weighted by molar-refractivity contribution is 5.66. The number of aryl methyl sites for hydroxylation is 2. The molecule has 0 bridgehead atoms. The van der Waals surface area contributed by atoms with Crippen molar-refractivity contribution in [3.05, 3.63) is 58.4 Å². The van der Waals surface area contributed by atoms with Crippen molar-refractivity contribution in [2.75, 3.05) is 24.5 Å². The van der Waals surface area contributed by atoms with Gasteiger partial charge in [-0.2, -0.15) is 5.10 Å². The highest BCUT2D eigenvalue weighted by atomic mass is 16.1. The molecule has 0 aliphatic carbocycles. The van der Waals surface area contributed by atoms with Crippen LogP contribution in [0, 0.1) is 6.92 Å². The Balaban J connectivity index is 1.57. The third kappa shape index (κ3) is 3.23. The Morgan fingerprint density at radius 3 is 2.83 bits per heavy atom. The molecule has 1 atom stereocenters. The standard InChI is InChI=1S/C22H25N7O/c1-4-17-20-9-19(26-29(20)12-15(3)24-17)18-10-22(30)28-13-16(5-6-21(28)25-18)27-8-7-23-14(2)11-27/h5-6,9-10,12-14,23H,4,7-8,11H2,1-3H3. The Bertz CT molecular complexity index is 1310. The third-order valence-electron chi connectivity index (χ3n) is 5.63. The zero-order valence-electron chi connectivity index (χ0n) is 17.5. The van der Waals surface area contributed by atoms with Crippen molar-refractivity contribution >= 4 is 16.9 Å². The van der Waals surface area contributed by atoms with Gasteiger partial charge >= 0.3 is 0 Å². The van der Waals surface area contributed by atoms with Crippen LogP contribution in [0.2, 0.25) is 0 Å². The molecule has 4 aromatic rings. The van der Waals surface area contributed by atoms with Gasteiger partial charge in [0.05, 0.1) is 34.5 Å². The SMILES string of the molecule is CCc1nc(C)cn2nc(-c3cc(=O)n4cc(N5CCNC(C)C5)ccc4n3)cc12. The Hall–Kier alpha value is -3.26. The number of piperazine rings is 1. The summed E-state index contributed by atoms with van der Waals surface area (Å²) in [5, 5.41) is 8.09. The molecule has 1 saturated heterocycles. The van der Waals surface area contributed by atoms with E-state index in [0.29, 0.717) is 23.1 Å². The summed E-state index contributed by atoms with van der Waals surface area (Å²) in [7, 11) is 0. The Kier molecular flexibility index (Phi) is 4.51. The lowest BCUT2D eigenvalue weighted by Crippen LogP contribution is -2.49. The number of anilines is 1. The van der Waals surface area contributed by atoms with Gasteiger partial charge in [-0.3, -0.25) is 14.2 Å². The van der Waals surface area contributed by atoms with Gasteiger partial charge in [-0.15, -0.1) is 0 Å². The highest BCUT2D eigenvalue weighted by Crippen LogP contribution is 2.21. The van der Waals surface area contributed by atoms with E-state index in [2.05, 4.69) is 34.1 Å². The van der Waals surface area contributed by atoms with Crippen LogP contribution in [0.4, 0.5) is 5.69 Å². The molecule has 0 saturated carbocycles. The molecule has 0 spiro atoms. The molecule has 5 rings (SSSR count). The van der Waals surface area contributed by atoms with Crippen LogP contribution < -0.4 is 15.8 Å². The molecule has 30 heavy (non-hydrogen) atoms. The molecule has 1 aliphatic heterocycles. The van der Waals surface area contributed by atoms with E-state index in [0.717, 1.165) is 48.6 Å². The Labute approximate surface area is 174 Å². The first kappa shape index (κ1) is 18.7. The van der Waals surface area contributed by atoms with Crippen molar-refractivity contribution in [3.63, 3.8) is 0 Å². The zero-order chi connectivity index (χ0) is 20.8. The average Bonchev–Trinajstić information content (AvgIpc) is 3.17. The van der Waals surface area contributed by atoms with Gasteiger partial charge in [-0.05, 0) is 38.5 Å². The molecule has 0 radical (unpaired) electrons. The van der Waals surface area contributed by atoms with Gasteiger partial charge < -0.3 is 10.2 Å². The molecule has 1 unspecified atom stereocenters. The number of aromatic nitrogens is 5. The fraction of sp³-hybridized carbons (Fsp3) is 0.364. The minimum absolute atomic E-state index is 0.109. The van der Waals surface area contributed by atoms with Crippen molar-refractivity contribution in [2.24, 2.45) is 0 Å². The van der Waals surface area contributed by atoms with E-state index in [1.807, 2.05) is 42.0 Å². The first-order valence-corrected chi connectivity index (χ1v) is 10.4.